The van der Waals surface area contributed by atoms with E-state index < -0.39 is 0 Å². The molecule has 0 saturated carbocycles. The summed E-state index contributed by atoms with van der Waals surface area (Å²) >= 11 is 0. The maximum Gasteiger partial charge on any atom is 0.250 e. The Morgan fingerprint density at radius 2 is 1.90 bits per heavy atom. The molecule has 1 aliphatic rings. The third kappa shape index (κ3) is 5.61. The van der Waals surface area contributed by atoms with Gasteiger partial charge in [0, 0.05) is 36.0 Å². The Labute approximate surface area is 179 Å². The summed E-state index contributed by atoms with van der Waals surface area (Å²) in [5.41, 5.74) is 8.72. The first kappa shape index (κ1) is 21.8. The number of carbonyl (C=O) groups is 3. The number of nitrogens with one attached hydrogen (secondary N) is 2. The van der Waals surface area contributed by atoms with Crippen molar-refractivity contribution in [3.8, 4) is 0 Å². The lowest BCUT2D eigenvalue weighted by Gasteiger charge is -2.22. The van der Waals surface area contributed by atoms with Crippen LogP contribution in [0.25, 0.3) is 0 Å². The van der Waals surface area contributed by atoms with E-state index in [1.54, 1.807) is 42.5 Å². The molecule has 0 aromatic heterocycles. The molecule has 1 aliphatic heterocycles. The van der Waals surface area contributed by atoms with Crippen molar-refractivity contribution in [2.75, 3.05) is 23.4 Å². The van der Waals surface area contributed by atoms with Crippen LogP contribution in [0, 0.1) is 5.41 Å². The summed E-state index contributed by atoms with van der Waals surface area (Å²) in [6.07, 6.45) is 1.65. The molecule has 160 valence electrons. The van der Waals surface area contributed by atoms with Crippen molar-refractivity contribution in [2.24, 2.45) is 10.7 Å². The fourth-order valence-electron chi connectivity index (χ4n) is 3.21. The van der Waals surface area contributed by atoms with E-state index in [1.165, 1.54) is 11.1 Å². The monoisotopic (exact) mass is 422 g/mol. The summed E-state index contributed by atoms with van der Waals surface area (Å²) in [6, 6.07) is 11.9. The molecule has 1 heterocycles. The maximum atomic E-state index is 12.8. The van der Waals surface area contributed by atoms with Gasteiger partial charge in [-0.1, -0.05) is 6.07 Å². The molecule has 0 bridgehead atoms. The van der Waals surface area contributed by atoms with Crippen LogP contribution in [-0.2, 0) is 20.8 Å². The summed E-state index contributed by atoms with van der Waals surface area (Å²) in [4.78, 5) is 41.8. The molecule has 0 aliphatic carbocycles. The predicted octanol–water partition coefficient (Wildman–Crippen LogP) is 0.949. The molecule has 3 amide bonds. The topological polar surface area (TPSA) is 152 Å². The van der Waals surface area contributed by atoms with Crippen molar-refractivity contribution in [1.29, 1.82) is 5.41 Å². The molecular weight excluding hydrogens is 398 g/mol. The normalized spacial score (nSPS) is 12.2. The zero-order valence-corrected chi connectivity index (χ0v) is 16.9. The Hall–Kier alpha value is -3.85. The van der Waals surface area contributed by atoms with Gasteiger partial charge in [0.2, 0.25) is 17.7 Å². The largest absolute Gasteiger partial charge is 0.444 e. The molecule has 3 rings (SSSR count). The number of fused-ring (bicyclic) bond motifs is 1. The second-order valence-corrected chi connectivity index (χ2v) is 7.05. The van der Waals surface area contributed by atoms with Gasteiger partial charge in [0.15, 0.2) is 6.61 Å². The fraction of sp³-hybridized carbons (Fsp3) is 0.227. The van der Waals surface area contributed by atoms with Gasteiger partial charge in [0.1, 0.15) is 5.84 Å². The van der Waals surface area contributed by atoms with Gasteiger partial charge in [-0.15, -0.1) is 0 Å². The lowest BCUT2D eigenvalue weighted by Crippen LogP contribution is -2.34. The van der Waals surface area contributed by atoms with Gasteiger partial charge in [0.25, 0.3) is 0 Å². The number of nitrogens with two attached hydrogens (primary N) is 1. The quantitative estimate of drug-likeness (QED) is 0.329. The number of aliphatic imine (C=N–C) groups is 1. The second kappa shape index (κ2) is 9.77. The summed E-state index contributed by atoms with van der Waals surface area (Å²) in [5.74, 6) is -0.889. The fourth-order valence-corrected chi connectivity index (χ4v) is 3.21. The lowest BCUT2D eigenvalue weighted by molar-refractivity contribution is -0.122. The van der Waals surface area contributed by atoms with Crippen LogP contribution in [0.4, 0.5) is 11.4 Å². The Morgan fingerprint density at radius 3 is 2.58 bits per heavy atom. The highest BCUT2D eigenvalue weighted by Crippen LogP contribution is 2.23. The molecule has 9 nitrogen and oxygen atoms in total. The van der Waals surface area contributed by atoms with E-state index in [4.69, 9.17) is 16.2 Å². The Morgan fingerprint density at radius 1 is 1.16 bits per heavy atom. The van der Waals surface area contributed by atoms with Gasteiger partial charge in [0.05, 0.1) is 13.0 Å². The van der Waals surface area contributed by atoms with E-state index in [-0.39, 0.29) is 56.0 Å². The van der Waals surface area contributed by atoms with E-state index in [2.05, 4.69) is 10.3 Å². The number of hydrogen-bond acceptors (Lipinski definition) is 4. The number of nitrogen functional groups attached to an aromatic ring is 1. The average Bonchev–Trinajstić information content (AvgIpc) is 2.75. The first-order valence-corrected chi connectivity index (χ1v) is 9.76. The zero-order chi connectivity index (χ0) is 22.4. The second-order valence-electron chi connectivity index (χ2n) is 7.05. The summed E-state index contributed by atoms with van der Waals surface area (Å²) in [6.45, 7) is 0.200. The van der Waals surface area contributed by atoms with E-state index in [0.29, 0.717) is 16.9 Å². The molecule has 2 aromatic carbocycles. The highest BCUT2D eigenvalue weighted by atomic mass is 16.3. The molecule has 0 radical (unpaired) electrons. The maximum absolute atomic E-state index is 12.8. The van der Waals surface area contributed by atoms with E-state index in [0.717, 1.165) is 11.1 Å². The van der Waals surface area contributed by atoms with Crippen molar-refractivity contribution in [3.05, 3.63) is 59.2 Å². The third-order valence-electron chi connectivity index (χ3n) is 4.81. The first-order chi connectivity index (χ1) is 14.9. The number of nitrogens with zero attached hydrogens (tertiary/aromatic N) is 2. The van der Waals surface area contributed by atoms with Crippen LogP contribution in [0.1, 0.15) is 29.5 Å². The average molecular weight is 422 g/mol. The Balaban J connectivity index is 1.62. The highest BCUT2D eigenvalue weighted by molar-refractivity contribution is 6.01. The number of amides is 3. The lowest BCUT2D eigenvalue weighted by atomic mass is 10.0. The van der Waals surface area contributed by atoms with Crippen LogP contribution in [0.15, 0.2) is 47.5 Å². The minimum atomic E-state index is -0.318. The SMILES string of the molecule is N=C(N)c1ccc(NC(=O)CCC(=O)N(CC[OH2+])c2ccc3c(c2)CC(=O)N=C3)cc1. The van der Waals surface area contributed by atoms with E-state index in [9.17, 15) is 14.4 Å². The molecule has 0 spiro atoms. The predicted molar refractivity (Wildman–Crippen MR) is 119 cm³/mol. The Kier molecular flexibility index (Phi) is 6.88. The standard InChI is InChI=1S/C22H23N5O4/c23-22(24)14-1-4-17(5-2-14)26-19(29)7-8-21(31)27(9-10-28)18-6-3-15-13-25-20(30)12-16(15)11-18/h1-6,11,13,28H,7-10,12H2,(H3,23,24)(H,26,29)/p+1. The van der Waals surface area contributed by atoms with Crippen molar-refractivity contribution in [2.45, 2.75) is 19.3 Å². The van der Waals surface area contributed by atoms with Crippen molar-refractivity contribution >= 4 is 41.1 Å². The van der Waals surface area contributed by atoms with E-state index in [1.807, 2.05) is 0 Å². The molecule has 31 heavy (non-hydrogen) atoms. The first-order valence-electron chi connectivity index (χ1n) is 9.76. The number of hydrogen-bond donors (Lipinski definition) is 3. The Bertz CT molecular complexity index is 1050. The van der Waals surface area contributed by atoms with Crippen molar-refractivity contribution < 1.29 is 19.5 Å². The molecule has 2 aromatic rings. The van der Waals surface area contributed by atoms with Crippen molar-refractivity contribution in [1.82, 2.24) is 0 Å². The number of amidine groups is 1. The summed E-state index contributed by atoms with van der Waals surface area (Å²) in [7, 11) is 0. The van der Waals surface area contributed by atoms with E-state index >= 15 is 0 Å². The zero-order valence-electron chi connectivity index (χ0n) is 16.9. The van der Waals surface area contributed by atoms with Crippen LogP contribution < -0.4 is 16.0 Å². The molecule has 0 fully saturated rings. The number of benzene rings is 2. The van der Waals surface area contributed by atoms with Gasteiger partial charge in [-0.2, -0.15) is 0 Å². The molecule has 6 N–H and O–H groups in total. The van der Waals surface area contributed by atoms with Crippen LogP contribution in [0.2, 0.25) is 0 Å². The minimum absolute atomic E-state index is 0.0118. The number of anilines is 2. The van der Waals surface area contributed by atoms with Gasteiger partial charge in [-0.05, 0) is 47.5 Å². The van der Waals surface area contributed by atoms with Crippen LogP contribution >= 0.6 is 0 Å². The number of carbonyl (C=O) groups excluding carboxylic acids is 3. The molecular formula is C22H24N5O4+. The molecule has 0 unspecified atom stereocenters. The molecule has 0 atom stereocenters. The highest BCUT2D eigenvalue weighted by Gasteiger charge is 2.20. The smallest absolute Gasteiger partial charge is 0.250 e. The van der Waals surface area contributed by atoms with Gasteiger partial charge in [-0.25, -0.2) is 4.99 Å². The van der Waals surface area contributed by atoms with Crippen LogP contribution in [-0.4, -0.2) is 48.0 Å². The minimum Gasteiger partial charge on any atom is -0.444 e. The third-order valence-corrected chi connectivity index (χ3v) is 4.81. The van der Waals surface area contributed by atoms with Gasteiger partial charge >= 0.3 is 0 Å². The molecule has 0 saturated heterocycles. The summed E-state index contributed by atoms with van der Waals surface area (Å²) < 4.78 is 0. The van der Waals surface area contributed by atoms with Crippen molar-refractivity contribution in [3.63, 3.8) is 0 Å². The van der Waals surface area contributed by atoms with Gasteiger partial charge < -0.3 is 21.1 Å². The number of rotatable bonds is 8. The molecule has 9 heteroatoms. The van der Waals surface area contributed by atoms with Crippen LogP contribution in [0.3, 0.4) is 0 Å². The summed E-state index contributed by atoms with van der Waals surface area (Å²) in [5, 5.41) is 17.6. The van der Waals surface area contributed by atoms with Crippen LogP contribution in [0.5, 0.6) is 0 Å². The van der Waals surface area contributed by atoms with Gasteiger partial charge in [-0.3, -0.25) is 19.8 Å².